The SMILES string of the molecule is CCCNC(COCC)C1CSCCS1. The molecule has 2 nitrogen and oxygen atoms in total. The highest BCUT2D eigenvalue weighted by molar-refractivity contribution is 8.06. The van der Waals surface area contributed by atoms with E-state index in [0.29, 0.717) is 6.04 Å². The van der Waals surface area contributed by atoms with Gasteiger partial charge in [0.1, 0.15) is 0 Å². The summed E-state index contributed by atoms with van der Waals surface area (Å²) in [7, 11) is 0. The Hall–Kier alpha value is 0.620. The second-order valence-electron chi connectivity index (χ2n) is 3.70. The van der Waals surface area contributed by atoms with E-state index in [9.17, 15) is 0 Å². The van der Waals surface area contributed by atoms with E-state index in [1.807, 2.05) is 0 Å². The van der Waals surface area contributed by atoms with E-state index >= 15 is 0 Å². The zero-order valence-electron chi connectivity index (χ0n) is 9.83. The molecule has 0 saturated carbocycles. The summed E-state index contributed by atoms with van der Waals surface area (Å²) in [5, 5.41) is 4.35. The molecule has 0 bridgehead atoms. The van der Waals surface area contributed by atoms with Gasteiger partial charge in [-0.15, -0.1) is 0 Å². The first-order chi connectivity index (χ1) is 7.38. The van der Waals surface area contributed by atoms with Crippen LogP contribution in [0.5, 0.6) is 0 Å². The summed E-state index contributed by atoms with van der Waals surface area (Å²) >= 11 is 4.19. The highest BCUT2D eigenvalue weighted by atomic mass is 32.2. The Kier molecular flexibility index (Phi) is 7.97. The van der Waals surface area contributed by atoms with Crippen LogP contribution in [-0.2, 0) is 4.74 Å². The minimum absolute atomic E-state index is 0.544. The van der Waals surface area contributed by atoms with Gasteiger partial charge in [-0.05, 0) is 19.9 Å². The van der Waals surface area contributed by atoms with Crippen LogP contribution >= 0.6 is 23.5 Å². The fraction of sp³-hybridized carbons (Fsp3) is 1.00. The number of hydrogen-bond acceptors (Lipinski definition) is 4. The van der Waals surface area contributed by atoms with E-state index in [2.05, 4.69) is 42.7 Å². The predicted octanol–water partition coefficient (Wildman–Crippen LogP) is 2.24. The number of nitrogens with one attached hydrogen (secondary N) is 1. The highest BCUT2D eigenvalue weighted by Crippen LogP contribution is 2.26. The summed E-state index contributed by atoms with van der Waals surface area (Å²) in [5.74, 6) is 3.89. The van der Waals surface area contributed by atoms with Gasteiger partial charge in [0.05, 0.1) is 6.61 Å². The van der Waals surface area contributed by atoms with Crippen LogP contribution in [0.25, 0.3) is 0 Å². The van der Waals surface area contributed by atoms with Gasteiger partial charge in [-0.1, -0.05) is 6.92 Å². The van der Waals surface area contributed by atoms with Gasteiger partial charge >= 0.3 is 0 Å². The molecule has 0 spiro atoms. The van der Waals surface area contributed by atoms with Crippen LogP contribution in [0.15, 0.2) is 0 Å². The summed E-state index contributed by atoms with van der Waals surface area (Å²) in [6, 6.07) is 0.544. The molecule has 0 amide bonds. The summed E-state index contributed by atoms with van der Waals surface area (Å²) in [6.07, 6.45) is 1.20. The smallest absolute Gasteiger partial charge is 0.0630 e. The lowest BCUT2D eigenvalue weighted by molar-refractivity contribution is 0.123. The number of ether oxygens (including phenoxy) is 1. The third-order valence-corrected chi connectivity index (χ3v) is 5.37. The monoisotopic (exact) mass is 249 g/mol. The van der Waals surface area contributed by atoms with Gasteiger partial charge in [0, 0.05) is 35.2 Å². The highest BCUT2D eigenvalue weighted by Gasteiger charge is 2.23. The van der Waals surface area contributed by atoms with Crippen LogP contribution in [0, 0.1) is 0 Å². The number of rotatable bonds is 7. The van der Waals surface area contributed by atoms with Crippen molar-refractivity contribution in [1.29, 1.82) is 0 Å². The molecule has 0 aromatic heterocycles. The molecule has 1 rings (SSSR count). The van der Waals surface area contributed by atoms with E-state index in [1.165, 1.54) is 23.7 Å². The van der Waals surface area contributed by atoms with E-state index in [4.69, 9.17) is 4.74 Å². The first kappa shape index (κ1) is 13.7. The average Bonchev–Trinajstić information content (AvgIpc) is 2.30. The van der Waals surface area contributed by atoms with Gasteiger partial charge in [0.15, 0.2) is 0 Å². The fourth-order valence-electron chi connectivity index (χ4n) is 1.61. The second-order valence-corrected chi connectivity index (χ2v) is 6.20. The molecular formula is C11H23NOS2. The van der Waals surface area contributed by atoms with Gasteiger partial charge in [0.2, 0.25) is 0 Å². The maximum absolute atomic E-state index is 5.56. The largest absolute Gasteiger partial charge is 0.380 e. The van der Waals surface area contributed by atoms with Gasteiger partial charge in [-0.3, -0.25) is 0 Å². The van der Waals surface area contributed by atoms with Crippen molar-refractivity contribution in [3.8, 4) is 0 Å². The van der Waals surface area contributed by atoms with Crippen LogP contribution in [0.2, 0.25) is 0 Å². The first-order valence-electron chi connectivity index (χ1n) is 5.89. The van der Waals surface area contributed by atoms with Crippen molar-refractivity contribution in [2.24, 2.45) is 0 Å². The van der Waals surface area contributed by atoms with E-state index in [1.54, 1.807) is 0 Å². The topological polar surface area (TPSA) is 21.3 Å². The molecule has 1 saturated heterocycles. The second kappa shape index (κ2) is 8.74. The summed E-state index contributed by atoms with van der Waals surface area (Å²) in [6.45, 7) is 7.09. The lowest BCUT2D eigenvalue weighted by Crippen LogP contribution is -2.44. The van der Waals surface area contributed by atoms with Crippen molar-refractivity contribution in [2.75, 3.05) is 37.0 Å². The van der Waals surface area contributed by atoms with Crippen molar-refractivity contribution >= 4 is 23.5 Å². The molecule has 1 heterocycles. The Balaban J connectivity index is 2.30. The molecule has 0 aromatic carbocycles. The maximum Gasteiger partial charge on any atom is 0.0630 e. The molecule has 0 aliphatic carbocycles. The molecule has 1 fully saturated rings. The molecule has 2 atom stereocenters. The van der Waals surface area contributed by atoms with Crippen molar-refractivity contribution in [3.05, 3.63) is 0 Å². The number of hydrogen-bond donors (Lipinski definition) is 1. The van der Waals surface area contributed by atoms with Crippen molar-refractivity contribution in [2.45, 2.75) is 31.6 Å². The normalized spacial score (nSPS) is 24.0. The molecule has 1 aliphatic rings. The Bertz CT molecular complexity index is 144. The molecule has 0 aromatic rings. The Morgan fingerprint density at radius 3 is 2.87 bits per heavy atom. The van der Waals surface area contributed by atoms with Gasteiger partial charge < -0.3 is 10.1 Å². The molecule has 1 N–H and O–H groups in total. The third kappa shape index (κ3) is 5.48. The van der Waals surface area contributed by atoms with E-state index < -0.39 is 0 Å². The minimum atomic E-state index is 0.544. The molecule has 0 radical (unpaired) electrons. The zero-order valence-corrected chi connectivity index (χ0v) is 11.5. The summed E-state index contributed by atoms with van der Waals surface area (Å²) < 4.78 is 5.56. The van der Waals surface area contributed by atoms with Crippen LogP contribution in [-0.4, -0.2) is 48.3 Å². The minimum Gasteiger partial charge on any atom is -0.380 e. The number of thioether (sulfide) groups is 2. The molecule has 90 valence electrons. The zero-order chi connectivity index (χ0) is 10.9. The Labute approximate surface area is 102 Å². The van der Waals surface area contributed by atoms with Crippen LogP contribution in [0.4, 0.5) is 0 Å². The molecular weight excluding hydrogens is 226 g/mol. The van der Waals surface area contributed by atoms with Crippen LogP contribution < -0.4 is 5.32 Å². The van der Waals surface area contributed by atoms with Gasteiger partial charge in [0.25, 0.3) is 0 Å². The van der Waals surface area contributed by atoms with Crippen molar-refractivity contribution < 1.29 is 4.74 Å². The first-order valence-corrected chi connectivity index (χ1v) is 8.09. The van der Waals surface area contributed by atoms with Gasteiger partial charge in [-0.25, -0.2) is 0 Å². The average molecular weight is 249 g/mol. The van der Waals surface area contributed by atoms with Crippen LogP contribution in [0.1, 0.15) is 20.3 Å². The van der Waals surface area contributed by atoms with Crippen molar-refractivity contribution in [3.63, 3.8) is 0 Å². The maximum atomic E-state index is 5.56. The van der Waals surface area contributed by atoms with Crippen molar-refractivity contribution in [1.82, 2.24) is 5.32 Å². The lowest BCUT2D eigenvalue weighted by atomic mass is 10.2. The van der Waals surface area contributed by atoms with Gasteiger partial charge in [-0.2, -0.15) is 23.5 Å². The predicted molar refractivity (Wildman–Crippen MR) is 72.1 cm³/mol. The standard InChI is InChI=1S/C11H23NOS2/c1-3-5-12-10(8-13-4-2)11-9-14-6-7-15-11/h10-12H,3-9H2,1-2H3. The summed E-state index contributed by atoms with van der Waals surface area (Å²) in [5.41, 5.74) is 0. The molecule has 2 unspecified atom stereocenters. The fourth-order valence-corrected chi connectivity index (χ4v) is 4.48. The molecule has 4 heteroatoms. The Morgan fingerprint density at radius 2 is 2.27 bits per heavy atom. The molecule has 1 aliphatic heterocycles. The van der Waals surface area contributed by atoms with E-state index in [-0.39, 0.29) is 0 Å². The van der Waals surface area contributed by atoms with E-state index in [0.717, 1.165) is 25.0 Å². The quantitative estimate of drug-likeness (QED) is 0.747. The Morgan fingerprint density at radius 1 is 1.40 bits per heavy atom. The third-order valence-electron chi connectivity index (χ3n) is 2.45. The summed E-state index contributed by atoms with van der Waals surface area (Å²) in [4.78, 5) is 0. The lowest BCUT2D eigenvalue weighted by Gasteiger charge is -2.30. The molecule has 15 heavy (non-hydrogen) atoms. The van der Waals surface area contributed by atoms with Crippen LogP contribution in [0.3, 0.4) is 0 Å².